The maximum atomic E-state index is 11.6. The van der Waals surface area contributed by atoms with Crippen LogP contribution in [0.4, 0.5) is 0 Å². The van der Waals surface area contributed by atoms with Crippen LogP contribution in [-0.2, 0) is 16.1 Å². The second-order valence-electron chi connectivity index (χ2n) is 4.01. The van der Waals surface area contributed by atoms with Crippen molar-refractivity contribution in [2.75, 3.05) is 12.9 Å². The molecule has 0 amide bonds. The summed E-state index contributed by atoms with van der Waals surface area (Å²) < 4.78 is 10.1. The van der Waals surface area contributed by atoms with Crippen LogP contribution in [0.15, 0.2) is 46.3 Å². The molecule has 1 N–H and O–H groups in total. The third kappa shape index (κ3) is 4.96. The summed E-state index contributed by atoms with van der Waals surface area (Å²) in [6.45, 7) is 0.180. The summed E-state index contributed by atoms with van der Waals surface area (Å²) in [5, 5.41) is 0.361. The van der Waals surface area contributed by atoms with Gasteiger partial charge in [0, 0.05) is 6.07 Å². The van der Waals surface area contributed by atoms with Crippen molar-refractivity contribution in [1.82, 2.24) is 9.97 Å². The van der Waals surface area contributed by atoms with E-state index in [4.69, 9.17) is 4.74 Å². The van der Waals surface area contributed by atoms with Gasteiger partial charge in [0.2, 0.25) is 0 Å². The number of nitrogens with zero attached hydrogens (tertiary/aromatic N) is 1. The van der Waals surface area contributed by atoms with Crippen LogP contribution in [0.1, 0.15) is 5.69 Å². The van der Waals surface area contributed by atoms with Crippen LogP contribution < -0.4 is 10.3 Å². The van der Waals surface area contributed by atoms with Crippen molar-refractivity contribution in [3.63, 3.8) is 0 Å². The lowest BCUT2D eigenvalue weighted by molar-refractivity contribution is -0.137. The smallest absolute Gasteiger partial charge is 0.316 e. The molecule has 0 bridgehead atoms. The molecular formula is C14H14N2O4S. The number of benzene rings is 1. The van der Waals surface area contributed by atoms with Gasteiger partial charge in [-0.2, -0.15) is 0 Å². The lowest BCUT2D eigenvalue weighted by Gasteiger charge is -2.06. The molecule has 0 atom stereocenters. The summed E-state index contributed by atoms with van der Waals surface area (Å²) in [6, 6.07) is 10.6. The molecule has 0 spiro atoms. The average Bonchev–Trinajstić information content (AvgIpc) is 2.51. The summed E-state index contributed by atoms with van der Waals surface area (Å²) in [7, 11) is 1.31. The fraction of sp³-hybridized carbons (Fsp3) is 0.214. The monoisotopic (exact) mass is 306 g/mol. The maximum absolute atomic E-state index is 11.6. The molecule has 0 saturated carbocycles. The van der Waals surface area contributed by atoms with Crippen molar-refractivity contribution < 1.29 is 14.3 Å². The Bertz CT molecular complexity index is 658. The standard InChI is InChI=1S/C14H14N2O4S/c1-19-13(18)9-21-14-15-10(7-12(17)16-14)8-20-11-5-3-2-4-6-11/h2-7H,8-9H2,1H3,(H,15,16,17). The summed E-state index contributed by atoms with van der Waals surface area (Å²) in [6.07, 6.45) is 0. The molecular weight excluding hydrogens is 292 g/mol. The molecule has 110 valence electrons. The van der Waals surface area contributed by atoms with E-state index in [-0.39, 0.29) is 23.9 Å². The number of aromatic amines is 1. The Morgan fingerprint density at radius 3 is 2.81 bits per heavy atom. The Morgan fingerprint density at radius 1 is 1.33 bits per heavy atom. The summed E-state index contributed by atoms with van der Waals surface area (Å²) in [5.41, 5.74) is 0.207. The van der Waals surface area contributed by atoms with Crippen molar-refractivity contribution in [3.8, 4) is 5.75 Å². The fourth-order valence-electron chi connectivity index (χ4n) is 1.49. The third-order valence-corrected chi connectivity index (χ3v) is 3.30. The van der Waals surface area contributed by atoms with Gasteiger partial charge in [-0.15, -0.1) is 0 Å². The lowest BCUT2D eigenvalue weighted by Crippen LogP contribution is -2.13. The lowest BCUT2D eigenvalue weighted by atomic mass is 10.3. The predicted molar refractivity (Wildman–Crippen MR) is 78.4 cm³/mol. The van der Waals surface area contributed by atoms with Crippen molar-refractivity contribution in [3.05, 3.63) is 52.4 Å². The fourth-order valence-corrected chi connectivity index (χ4v) is 2.21. The molecule has 7 heteroatoms. The number of carbonyl (C=O) groups excluding carboxylic acids is 1. The Kier molecular flexibility index (Phi) is 5.39. The number of para-hydroxylation sites is 1. The minimum absolute atomic E-state index is 0.0857. The van der Waals surface area contributed by atoms with Gasteiger partial charge in [0.1, 0.15) is 12.4 Å². The van der Waals surface area contributed by atoms with E-state index < -0.39 is 0 Å². The van der Waals surface area contributed by atoms with Gasteiger partial charge >= 0.3 is 5.97 Å². The first kappa shape index (κ1) is 15.1. The highest BCUT2D eigenvalue weighted by Crippen LogP contribution is 2.13. The van der Waals surface area contributed by atoms with Gasteiger partial charge in [0.15, 0.2) is 5.16 Å². The molecule has 0 saturated heterocycles. The highest BCUT2D eigenvalue weighted by Gasteiger charge is 2.06. The number of carbonyl (C=O) groups is 1. The molecule has 0 aliphatic rings. The van der Waals surface area contributed by atoms with Crippen molar-refractivity contribution in [1.29, 1.82) is 0 Å². The molecule has 0 unspecified atom stereocenters. The summed E-state index contributed by atoms with van der Waals surface area (Å²) in [5.74, 6) is 0.402. The maximum Gasteiger partial charge on any atom is 0.316 e. The first-order chi connectivity index (χ1) is 10.2. The second-order valence-corrected chi connectivity index (χ2v) is 4.97. The van der Waals surface area contributed by atoms with Crippen LogP contribution in [0.2, 0.25) is 0 Å². The molecule has 21 heavy (non-hydrogen) atoms. The molecule has 1 aromatic carbocycles. The molecule has 1 heterocycles. The molecule has 2 rings (SSSR count). The number of H-pyrrole nitrogens is 1. The highest BCUT2D eigenvalue weighted by atomic mass is 32.2. The van der Waals surface area contributed by atoms with Gasteiger partial charge in [-0.3, -0.25) is 9.59 Å². The van der Waals surface area contributed by atoms with E-state index in [0.29, 0.717) is 16.6 Å². The number of aromatic nitrogens is 2. The summed E-state index contributed by atoms with van der Waals surface area (Å²) >= 11 is 1.11. The van der Waals surface area contributed by atoms with Crippen molar-refractivity contribution in [2.24, 2.45) is 0 Å². The van der Waals surface area contributed by atoms with Crippen LogP contribution in [0, 0.1) is 0 Å². The topological polar surface area (TPSA) is 81.3 Å². The largest absolute Gasteiger partial charge is 0.487 e. The van der Waals surface area contributed by atoms with Gasteiger partial charge in [-0.25, -0.2) is 4.98 Å². The molecule has 0 aliphatic heterocycles. The number of esters is 1. The van der Waals surface area contributed by atoms with Gasteiger partial charge in [-0.1, -0.05) is 30.0 Å². The van der Waals surface area contributed by atoms with E-state index in [9.17, 15) is 9.59 Å². The first-order valence-electron chi connectivity index (χ1n) is 6.15. The van der Waals surface area contributed by atoms with Crippen LogP contribution >= 0.6 is 11.8 Å². The number of nitrogens with one attached hydrogen (secondary N) is 1. The van der Waals surface area contributed by atoms with Crippen molar-refractivity contribution in [2.45, 2.75) is 11.8 Å². The number of ether oxygens (including phenoxy) is 2. The van der Waals surface area contributed by atoms with Crippen LogP contribution in [0.25, 0.3) is 0 Å². The van der Waals surface area contributed by atoms with E-state index in [1.807, 2.05) is 30.3 Å². The quantitative estimate of drug-likeness (QED) is 0.496. The van der Waals surface area contributed by atoms with Gasteiger partial charge in [0.05, 0.1) is 18.6 Å². The van der Waals surface area contributed by atoms with E-state index >= 15 is 0 Å². The zero-order valence-corrected chi connectivity index (χ0v) is 12.2. The van der Waals surface area contributed by atoms with E-state index in [1.165, 1.54) is 13.2 Å². The van der Waals surface area contributed by atoms with Gasteiger partial charge in [-0.05, 0) is 12.1 Å². The number of methoxy groups -OCH3 is 1. The van der Waals surface area contributed by atoms with Gasteiger partial charge in [0.25, 0.3) is 5.56 Å². The Balaban J connectivity index is 2.01. The molecule has 6 nitrogen and oxygen atoms in total. The van der Waals surface area contributed by atoms with E-state index in [2.05, 4.69) is 14.7 Å². The Labute approximate surface area is 125 Å². The van der Waals surface area contributed by atoms with Crippen LogP contribution in [0.5, 0.6) is 5.75 Å². The molecule has 0 aliphatic carbocycles. The number of hydrogen-bond donors (Lipinski definition) is 1. The number of thioether (sulfide) groups is 1. The number of rotatable bonds is 6. The average molecular weight is 306 g/mol. The predicted octanol–water partition coefficient (Wildman–Crippen LogP) is 1.61. The molecule has 1 aromatic heterocycles. The van der Waals surface area contributed by atoms with Crippen LogP contribution in [0.3, 0.4) is 0 Å². The van der Waals surface area contributed by atoms with E-state index in [0.717, 1.165) is 11.8 Å². The zero-order valence-electron chi connectivity index (χ0n) is 11.4. The van der Waals surface area contributed by atoms with E-state index in [1.54, 1.807) is 0 Å². The SMILES string of the molecule is COC(=O)CSc1nc(COc2ccccc2)cc(=O)[nH]1. The summed E-state index contributed by atoms with van der Waals surface area (Å²) in [4.78, 5) is 29.4. The first-order valence-corrected chi connectivity index (χ1v) is 7.13. The number of hydrogen-bond acceptors (Lipinski definition) is 6. The van der Waals surface area contributed by atoms with Crippen molar-refractivity contribution >= 4 is 17.7 Å². The van der Waals surface area contributed by atoms with Gasteiger partial charge < -0.3 is 14.5 Å². The normalized spacial score (nSPS) is 10.1. The Hall–Kier alpha value is -2.28. The molecule has 2 aromatic rings. The minimum Gasteiger partial charge on any atom is -0.487 e. The third-order valence-electron chi connectivity index (χ3n) is 2.46. The second kappa shape index (κ2) is 7.49. The highest BCUT2D eigenvalue weighted by molar-refractivity contribution is 7.99. The zero-order chi connectivity index (χ0) is 15.1. The minimum atomic E-state index is -0.381. The molecule has 0 fully saturated rings. The Morgan fingerprint density at radius 2 is 2.10 bits per heavy atom. The molecule has 0 radical (unpaired) electrons. The van der Waals surface area contributed by atoms with Crippen LogP contribution in [-0.4, -0.2) is 28.8 Å².